The molecular formula is C20H21F2N3O2S. The van der Waals surface area contributed by atoms with Crippen molar-refractivity contribution < 1.29 is 18.3 Å². The normalized spacial score (nSPS) is 12.3. The van der Waals surface area contributed by atoms with Crippen LogP contribution in [0.25, 0.3) is 11.0 Å². The molecule has 0 aliphatic carbocycles. The van der Waals surface area contributed by atoms with Gasteiger partial charge in [0.2, 0.25) is 5.91 Å². The summed E-state index contributed by atoms with van der Waals surface area (Å²) in [6.45, 7) is 1.83. The van der Waals surface area contributed by atoms with E-state index in [4.69, 9.17) is 4.74 Å². The zero-order valence-electron chi connectivity index (χ0n) is 15.6. The minimum Gasteiger partial charge on any atom is -0.497 e. The van der Waals surface area contributed by atoms with E-state index in [1.807, 2.05) is 31.2 Å². The molecular weight excluding hydrogens is 384 g/mol. The van der Waals surface area contributed by atoms with Crippen LogP contribution in [0.4, 0.5) is 8.78 Å². The van der Waals surface area contributed by atoms with Crippen LogP contribution < -0.4 is 10.1 Å². The van der Waals surface area contributed by atoms with E-state index in [2.05, 4.69) is 10.3 Å². The highest BCUT2D eigenvalue weighted by molar-refractivity contribution is 7.99. The topological polar surface area (TPSA) is 56.1 Å². The van der Waals surface area contributed by atoms with E-state index in [-0.39, 0.29) is 23.7 Å². The van der Waals surface area contributed by atoms with Crippen molar-refractivity contribution in [3.05, 3.63) is 54.1 Å². The molecule has 1 unspecified atom stereocenters. The number of nitrogens with one attached hydrogen (secondary N) is 1. The first-order valence-corrected chi connectivity index (χ1v) is 9.66. The quantitative estimate of drug-likeness (QED) is 0.573. The molecule has 0 fully saturated rings. The molecule has 28 heavy (non-hydrogen) atoms. The summed E-state index contributed by atoms with van der Waals surface area (Å²) in [5.74, 6) is -2.10. The average molecular weight is 405 g/mol. The Bertz CT molecular complexity index is 962. The number of rotatable bonds is 8. The molecule has 0 bridgehead atoms. The van der Waals surface area contributed by atoms with Crippen LogP contribution in [0.1, 0.15) is 12.5 Å². The Kier molecular flexibility index (Phi) is 6.51. The Labute approximate surface area is 166 Å². The second kappa shape index (κ2) is 9.05. The summed E-state index contributed by atoms with van der Waals surface area (Å²) in [5, 5.41) is 3.06. The van der Waals surface area contributed by atoms with Gasteiger partial charge in [-0.3, -0.25) is 4.79 Å². The minimum absolute atomic E-state index is 0.0714. The minimum atomic E-state index is -2.61. The molecule has 1 atom stereocenters. The summed E-state index contributed by atoms with van der Waals surface area (Å²) >= 11 is 0.343. The number of carbonyl (C=O) groups excluding carboxylic acids is 1. The van der Waals surface area contributed by atoms with E-state index >= 15 is 0 Å². The summed E-state index contributed by atoms with van der Waals surface area (Å²) in [6.07, 6.45) is 0.631. The smallest absolute Gasteiger partial charge is 0.291 e. The van der Waals surface area contributed by atoms with Crippen molar-refractivity contribution >= 4 is 28.7 Å². The number of carbonyl (C=O) groups is 1. The highest BCUT2D eigenvalue weighted by Gasteiger charge is 2.18. The number of methoxy groups -OCH3 is 1. The second-order valence-corrected chi connectivity index (χ2v) is 7.33. The molecule has 3 aromatic rings. The second-order valence-electron chi connectivity index (χ2n) is 6.37. The highest BCUT2D eigenvalue weighted by atomic mass is 32.2. The third-order valence-electron chi connectivity index (χ3n) is 4.20. The van der Waals surface area contributed by atoms with Crippen LogP contribution in [0.5, 0.6) is 5.75 Å². The maximum Gasteiger partial charge on any atom is 0.291 e. The number of nitrogens with zero attached hydrogens (tertiary/aromatic N) is 2. The van der Waals surface area contributed by atoms with Crippen LogP contribution in [0.3, 0.4) is 0 Å². The molecule has 0 spiro atoms. The number of hydrogen-bond acceptors (Lipinski definition) is 4. The van der Waals surface area contributed by atoms with Gasteiger partial charge < -0.3 is 14.6 Å². The number of thioether (sulfide) groups is 1. The van der Waals surface area contributed by atoms with Gasteiger partial charge in [0.1, 0.15) is 12.3 Å². The number of benzene rings is 2. The molecule has 2 aromatic carbocycles. The molecule has 0 saturated carbocycles. The van der Waals surface area contributed by atoms with Crippen LogP contribution >= 0.6 is 11.8 Å². The van der Waals surface area contributed by atoms with Crippen molar-refractivity contribution in [2.24, 2.45) is 0 Å². The maximum atomic E-state index is 12.9. The van der Waals surface area contributed by atoms with Gasteiger partial charge in [-0.15, -0.1) is 0 Å². The van der Waals surface area contributed by atoms with Gasteiger partial charge in [0.15, 0.2) is 5.16 Å². The van der Waals surface area contributed by atoms with E-state index in [9.17, 15) is 13.6 Å². The molecule has 1 N–H and O–H groups in total. The molecule has 0 aliphatic heterocycles. The lowest BCUT2D eigenvalue weighted by Crippen LogP contribution is -2.36. The molecule has 0 radical (unpaired) electrons. The number of amides is 1. The van der Waals surface area contributed by atoms with Gasteiger partial charge in [0.25, 0.3) is 5.76 Å². The third-order valence-corrected chi connectivity index (χ3v) is 4.90. The fraction of sp³-hybridized carbons (Fsp3) is 0.300. The molecule has 5 nitrogen and oxygen atoms in total. The third kappa shape index (κ3) is 5.01. The van der Waals surface area contributed by atoms with E-state index in [0.717, 1.165) is 11.3 Å². The van der Waals surface area contributed by atoms with Crippen LogP contribution in [-0.4, -0.2) is 34.4 Å². The predicted octanol–water partition coefficient (Wildman–Crippen LogP) is 4.11. The van der Waals surface area contributed by atoms with Gasteiger partial charge in [-0.2, -0.15) is 8.78 Å². The Hall–Kier alpha value is -2.61. The molecule has 3 rings (SSSR count). The fourth-order valence-electron chi connectivity index (χ4n) is 3.04. The van der Waals surface area contributed by atoms with Crippen LogP contribution in [0, 0.1) is 0 Å². The summed E-state index contributed by atoms with van der Waals surface area (Å²) in [6, 6.07) is 14.6. The number of aromatic nitrogens is 2. The van der Waals surface area contributed by atoms with Crippen molar-refractivity contribution in [1.82, 2.24) is 14.9 Å². The zero-order valence-corrected chi connectivity index (χ0v) is 16.4. The Morgan fingerprint density at radius 1 is 1.25 bits per heavy atom. The SMILES string of the molecule is COc1cccc(CC(C)NC(=O)Cn2c(SC(F)F)nc3ccccc32)c1. The predicted molar refractivity (Wildman–Crippen MR) is 106 cm³/mol. The van der Waals surface area contributed by atoms with Crippen LogP contribution in [0.15, 0.2) is 53.7 Å². The zero-order chi connectivity index (χ0) is 20.1. The first-order chi connectivity index (χ1) is 13.5. The molecule has 8 heteroatoms. The monoisotopic (exact) mass is 405 g/mol. The van der Waals surface area contributed by atoms with Gasteiger partial charge in [0.05, 0.1) is 18.1 Å². The van der Waals surface area contributed by atoms with Crippen molar-refractivity contribution in [3.8, 4) is 5.75 Å². The van der Waals surface area contributed by atoms with Gasteiger partial charge in [-0.1, -0.05) is 24.3 Å². The number of para-hydroxylation sites is 2. The lowest BCUT2D eigenvalue weighted by atomic mass is 10.1. The van der Waals surface area contributed by atoms with Crippen molar-refractivity contribution in [2.75, 3.05) is 7.11 Å². The fourth-order valence-corrected chi connectivity index (χ4v) is 3.64. The standard InChI is InChI=1S/C20H21F2N3O2S/c1-13(10-14-6-5-7-15(11-14)27-2)23-18(26)12-25-17-9-4-3-8-16(17)24-20(25)28-19(21)22/h3-9,11,13,19H,10,12H2,1-2H3,(H,23,26). The number of fused-ring (bicyclic) bond motifs is 1. The summed E-state index contributed by atoms with van der Waals surface area (Å²) in [5.41, 5.74) is 2.28. The average Bonchev–Trinajstić information content (AvgIpc) is 2.98. The molecule has 1 aromatic heterocycles. The number of hydrogen-bond donors (Lipinski definition) is 1. The van der Waals surface area contributed by atoms with E-state index in [0.29, 0.717) is 29.2 Å². The number of imidazole rings is 1. The summed E-state index contributed by atoms with van der Waals surface area (Å²) in [4.78, 5) is 16.8. The summed E-state index contributed by atoms with van der Waals surface area (Å²) < 4.78 is 32.5. The largest absolute Gasteiger partial charge is 0.497 e. The first-order valence-electron chi connectivity index (χ1n) is 8.78. The van der Waals surface area contributed by atoms with E-state index in [1.54, 1.807) is 31.4 Å². The molecule has 1 heterocycles. The Morgan fingerprint density at radius 3 is 2.79 bits per heavy atom. The van der Waals surface area contributed by atoms with Gasteiger partial charge in [0, 0.05) is 6.04 Å². The molecule has 0 saturated heterocycles. The van der Waals surface area contributed by atoms with E-state index in [1.165, 1.54) is 4.57 Å². The highest BCUT2D eigenvalue weighted by Crippen LogP contribution is 2.28. The number of halogens is 2. The Balaban J connectivity index is 1.70. The van der Waals surface area contributed by atoms with Crippen molar-refractivity contribution in [1.29, 1.82) is 0 Å². The lowest BCUT2D eigenvalue weighted by Gasteiger charge is -2.16. The molecule has 0 aliphatic rings. The molecule has 148 valence electrons. The van der Waals surface area contributed by atoms with Gasteiger partial charge in [-0.25, -0.2) is 4.98 Å². The summed E-state index contributed by atoms with van der Waals surface area (Å²) in [7, 11) is 1.61. The van der Waals surface area contributed by atoms with Crippen LogP contribution in [-0.2, 0) is 17.8 Å². The van der Waals surface area contributed by atoms with Gasteiger partial charge >= 0.3 is 0 Å². The van der Waals surface area contributed by atoms with Crippen molar-refractivity contribution in [2.45, 2.75) is 36.8 Å². The molecule has 1 amide bonds. The Morgan fingerprint density at radius 2 is 2.04 bits per heavy atom. The van der Waals surface area contributed by atoms with Gasteiger partial charge in [-0.05, 0) is 54.9 Å². The first kappa shape index (κ1) is 20.1. The number of alkyl halides is 2. The lowest BCUT2D eigenvalue weighted by molar-refractivity contribution is -0.122. The number of ether oxygens (including phenoxy) is 1. The maximum absolute atomic E-state index is 12.9. The van der Waals surface area contributed by atoms with Crippen molar-refractivity contribution in [3.63, 3.8) is 0 Å². The van der Waals surface area contributed by atoms with E-state index < -0.39 is 5.76 Å². The van der Waals surface area contributed by atoms with Crippen LogP contribution in [0.2, 0.25) is 0 Å².